The number of aliphatic hydroxyl groups is 2. The van der Waals surface area contributed by atoms with E-state index in [1.165, 1.54) is 4.90 Å². The number of ether oxygens (including phenoxy) is 1. The van der Waals surface area contributed by atoms with E-state index in [1.54, 1.807) is 35.7 Å². The van der Waals surface area contributed by atoms with Crippen molar-refractivity contribution in [1.29, 1.82) is 0 Å². The molecule has 0 bridgehead atoms. The quantitative estimate of drug-likeness (QED) is 0.113. The molecule has 3 amide bonds. The smallest absolute Gasteiger partial charge is 0.318 e. The number of carbonyl (C=O) groups is 2. The fraction of sp³-hybridized carbons (Fsp3) is 0.514. The first kappa shape index (κ1) is 39.5. The van der Waals surface area contributed by atoms with Gasteiger partial charge in [-0.15, -0.1) is 23.1 Å². The van der Waals surface area contributed by atoms with Crippen molar-refractivity contribution in [1.82, 2.24) is 25.8 Å². The Bertz CT molecular complexity index is 1480. The second kappa shape index (κ2) is 19.9. The molecule has 5 N–H and O–H groups in total. The van der Waals surface area contributed by atoms with Gasteiger partial charge >= 0.3 is 6.03 Å². The molecule has 0 aliphatic carbocycles. The summed E-state index contributed by atoms with van der Waals surface area (Å²) in [7, 11) is 1.69. The fourth-order valence-electron chi connectivity index (χ4n) is 5.62. The number of carbonyl (C=O) groups excluding carboxylic acids is 2. The van der Waals surface area contributed by atoms with Crippen LogP contribution in [0.25, 0.3) is 0 Å². The Kier molecular flexibility index (Phi) is 15.7. The molecule has 50 heavy (non-hydrogen) atoms. The van der Waals surface area contributed by atoms with Crippen LogP contribution in [0.3, 0.4) is 0 Å². The summed E-state index contributed by atoms with van der Waals surface area (Å²) < 4.78 is 5.69. The van der Waals surface area contributed by atoms with E-state index in [0.717, 1.165) is 21.8 Å². The molecule has 0 radical (unpaired) electrons. The number of aromatic nitrogens is 1. The average molecular weight is 725 g/mol. The molecular weight excluding hydrogens is 673 g/mol. The zero-order valence-corrected chi connectivity index (χ0v) is 31.2. The molecule has 3 aromatic rings. The molecule has 2 heterocycles. The van der Waals surface area contributed by atoms with Crippen LogP contribution in [-0.4, -0.2) is 93.7 Å². The molecule has 1 aliphatic heterocycles. The molecule has 1 aliphatic rings. The van der Waals surface area contributed by atoms with Gasteiger partial charge in [0.05, 0.1) is 47.3 Å². The minimum Gasteiger partial charge on any atom is -0.391 e. The van der Waals surface area contributed by atoms with E-state index in [4.69, 9.17) is 4.74 Å². The molecule has 1 aromatic heterocycles. The van der Waals surface area contributed by atoms with E-state index in [-0.39, 0.29) is 29.5 Å². The van der Waals surface area contributed by atoms with Crippen LogP contribution < -0.4 is 16.0 Å². The van der Waals surface area contributed by atoms with Gasteiger partial charge in [0.15, 0.2) is 0 Å². The molecule has 4 rings (SSSR count). The van der Waals surface area contributed by atoms with Crippen LogP contribution in [0, 0.1) is 5.92 Å². The first-order valence-electron chi connectivity index (χ1n) is 17.2. The Labute approximate surface area is 304 Å². The maximum absolute atomic E-state index is 13.9. The number of aliphatic hydroxyl groups excluding tert-OH is 2. The lowest BCUT2D eigenvalue weighted by atomic mass is 9.93. The molecule has 272 valence electrons. The highest BCUT2D eigenvalue weighted by Crippen LogP contribution is 2.20. The zero-order chi connectivity index (χ0) is 36.0. The second-order valence-electron chi connectivity index (χ2n) is 13.4. The minimum atomic E-state index is -1.31. The number of benzene rings is 2. The maximum atomic E-state index is 13.9. The molecule has 0 saturated carbocycles. The molecule has 2 aromatic carbocycles. The summed E-state index contributed by atoms with van der Waals surface area (Å²) in [6, 6.07) is 17.2. The van der Waals surface area contributed by atoms with Gasteiger partial charge in [-0.3, -0.25) is 15.1 Å². The van der Waals surface area contributed by atoms with Crippen LogP contribution in [0.5, 0.6) is 0 Å². The van der Waals surface area contributed by atoms with Crippen molar-refractivity contribution in [2.24, 2.45) is 10.9 Å². The summed E-state index contributed by atoms with van der Waals surface area (Å²) in [5.41, 5.74) is 4.56. The predicted octanol–water partition coefficient (Wildman–Crippen LogP) is 4.55. The fourth-order valence-corrected chi connectivity index (χ4v) is 7.12. The second-order valence-corrected chi connectivity index (χ2v) is 15.5. The Morgan fingerprint density at radius 1 is 0.980 bits per heavy atom. The molecule has 6 atom stereocenters. The van der Waals surface area contributed by atoms with Gasteiger partial charge in [-0.25, -0.2) is 9.78 Å². The summed E-state index contributed by atoms with van der Waals surface area (Å²) in [5.74, 6) is -0.231. The van der Waals surface area contributed by atoms with E-state index in [2.05, 4.69) is 39.8 Å². The van der Waals surface area contributed by atoms with E-state index < -0.39 is 30.6 Å². The first-order valence-corrected chi connectivity index (χ1v) is 19.0. The maximum Gasteiger partial charge on any atom is 0.318 e. The molecular formula is C37H52N6O5S2. The topological polar surface area (TPSA) is 148 Å². The zero-order valence-electron chi connectivity index (χ0n) is 29.6. The van der Waals surface area contributed by atoms with Crippen LogP contribution in [0.2, 0.25) is 0 Å². The van der Waals surface area contributed by atoms with Crippen molar-refractivity contribution < 1.29 is 24.5 Å². The van der Waals surface area contributed by atoms with Gasteiger partial charge in [-0.1, -0.05) is 88.4 Å². The Balaban J connectivity index is 1.45. The van der Waals surface area contributed by atoms with Crippen molar-refractivity contribution in [2.75, 3.05) is 20.2 Å². The highest BCUT2D eigenvalue weighted by Gasteiger charge is 2.31. The summed E-state index contributed by atoms with van der Waals surface area (Å²) in [5, 5.41) is 34.7. The lowest BCUT2D eigenvalue weighted by Gasteiger charge is -2.32. The van der Waals surface area contributed by atoms with Gasteiger partial charge in [0.25, 0.3) is 0 Å². The lowest BCUT2D eigenvalue weighted by molar-refractivity contribution is -0.132. The number of amides is 3. The summed E-state index contributed by atoms with van der Waals surface area (Å²) in [6.45, 7) is 9.20. The van der Waals surface area contributed by atoms with Crippen molar-refractivity contribution in [2.45, 2.75) is 95.3 Å². The van der Waals surface area contributed by atoms with E-state index >= 15 is 0 Å². The first-order chi connectivity index (χ1) is 24.0. The average Bonchev–Trinajstić information content (AvgIpc) is 3.79. The van der Waals surface area contributed by atoms with Gasteiger partial charge in [-0.05, 0) is 36.3 Å². The van der Waals surface area contributed by atoms with Crippen molar-refractivity contribution in [3.05, 3.63) is 87.9 Å². The monoisotopic (exact) mass is 724 g/mol. The van der Waals surface area contributed by atoms with Crippen molar-refractivity contribution in [3.8, 4) is 0 Å². The standard InChI is InChI=1S/C37H52N6O5S2/c1-24(2)33(42-36(46)43(5)20-29-22-49-35(40-29)25(3)4)34(45)39-28(16-26-12-8-6-9-13-26)18-32(44)31(17-27-14-10-7-11-15-27)41-37(47)48-21-30-19-38-23-50-30/h6-15,22-25,28,30-33,37,41,44,47H,16-21H2,1-5H3,(H,39,45)(H,42,46)/t28-,30?,31-,32-,33-,37?/m0/s1. The Morgan fingerprint density at radius 3 is 2.22 bits per heavy atom. The number of nitrogens with zero attached hydrogens (tertiary/aromatic N) is 3. The molecule has 2 unspecified atom stereocenters. The van der Waals surface area contributed by atoms with Gasteiger partial charge in [0, 0.05) is 30.4 Å². The Hall–Kier alpha value is -3.33. The molecule has 11 nitrogen and oxygen atoms in total. The van der Waals surface area contributed by atoms with Crippen LogP contribution in [-0.2, 0) is 28.9 Å². The minimum absolute atomic E-state index is 0.133. The number of thiazole rings is 1. The van der Waals surface area contributed by atoms with Gasteiger partial charge < -0.3 is 30.5 Å². The van der Waals surface area contributed by atoms with E-state index in [9.17, 15) is 19.8 Å². The van der Waals surface area contributed by atoms with Crippen LogP contribution in [0.1, 0.15) is 61.9 Å². The largest absolute Gasteiger partial charge is 0.391 e. The number of nitrogens with one attached hydrogen (secondary N) is 3. The van der Waals surface area contributed by atoms with Gasteiger partial charge in [0.1, 0.15) is 6.04 Å². The number of rotatable bonds is 19. The normalized spacial score (nSPS) is 17.3. The highest BCUT2D eigenvalue weighted by molar-refractivity contribution is 8.12. The number of hydrogen-bond acceptors (Lipinski definition) is 10. The number of aliphatic imine (C=N–C) groups is 1. The van der Waals surface area contributed by atoms with Crippen LogP contribution >= 0.6 is 23.1 Å². The number of thioether (sulfide) groups is 1. The van der Waals surface area contributed by atoms with Crippen LogP contribution in [0.15, 0.2) is 71.0 Å². The summed E-state index contributed by atoms with van der Waals surface area (Å²) in [6.07, 6.45) is -1.21. The molecule has 0 saturated heterocycles. The molecule has 13 heteroatoms. The lowest BCUT2D eigenvalue weighted by Crippen LogP contribution is -2.56. The predicted molar refractivity (Wildman–Crippen MR) is 201 cm³/mol. The third-order valence-electron chi connectivity index (χ3n) is 8.43. The number of hydrogen-bond donors (Lipinski definition) is 5. The van der Waals surface area contributed by atoms with Crippen LogP contribution in [0.4, 0.5) is 4.79 Å². The summed E-state index contributed by atoms with van der Waals surface area (Å²) >= 11 is 3.14. The SMILES string of the molecule is CC(C)c1nc(CN(C)C(=O)N[C@H](C(=O)N[C@@H](Cc2ccccc2)C[C@H](O)[C@H](Cc2ccccc2)NC(O)OCC2CN=CS2)C(C)C)cs1. The third-order valence-corrected chi connectivity index (χ3v) is 10.6. The number of urea groups is 1. The van der Waals surface area contributed by atoms with E-state index in [0.29, 0.717) is 38.5 Å². The molecule has 0 spiro atoms. The third kappa shape index (κ3) is 12.8. The van der Waals surface area contributed by atoms with E-state index in [1.807, 2.05) is 79.9 Å². The van der Waals surface area contributed by atoms with Crippen molar-refractivity contribution in [3.63, 3.8) is 0 Å². The Morgan fingerprint density at radius 2 is 1.64 bits per heavy atom. The molecule has 0 fully saturated rings. The highest BCUT2D eigenvalue weighted by atomic mass is 32.2. The van der Waals surface area contributed by atoms with Gasteiger partial charge in [-0.2, -0.15) is 0 Å². The summed E-state index contributed by atoms with van der Waals surface area (Å²) in [4.78, 5) is 37.5. The van der Waals surface area contributed by atoms with Crippen molar-refractivity contribution >= 4 is 40.6 Å². The van der Waals surface area contributed by atoms with Gasteiger partial charge in [0.2, 0.25) is 12.3 Å².